The van der Waals surface area contributed by atoms with E-state index in [-0.39, 0.29) is 5.41 Å². The molecule has 266 valence electrons. The lowest BCUT2D eigenvalue weighted by atomic mass is 9.81. The average molecular weight is 716 g/mol. The van der Waals surface area contributed by atoms with Gasteiger partial charge in [0.2, 0.25) is 0 Å². The maximum atomic E-state index is 2.43. The maximum absolute atomic E-state index is 2.43. The van der Waals surface area contributed by atoms with Crippen molar-refractivity contribution in [2.75, 3.05) is 4.90 Å². The Morgan fingerprint density at radius 3 is 1.50 bits per heavy atom. The number of hydrogen-bond acceptors (Lipinski definition) is 1. The minimum absolute atomic E-state index is 0.179. The van der Waals surface area contributed by atoms with E-state index in [4.69, 9.17) is 0 Å². The van der Waals surface area contributed by atoms with Crippen LogP contribution in [0, 0.1) is 0 Å². The predicted molar refractivity (Wildman–Crippen MR) is 238 cm³/mol. The average Bonchev–Trinajstić information content (AvgIpc) is 3.49. The van der Waals surface area contributed by atoms with Crippen LogP contribution >= 0.6 is 0 Å². The van der Waals surface area contributed by atoms with E-state index < -0.39 is 0 Å². The fraction of sp³-hybridized carbons (Fsp3) is 0.0545. The Kier molecular flexibility index (Phi) is 8.23. The highest BCUT2D eigenvalue weighted by molar-refractivity contribution is 5.97. The molecule has 0 aromatic heterocycles. The molecular formula is C55H41N. The summed E-state index contributed by atoms with van der Waals surface area (Å²) in [7, 11) is 0. The molecule has 56 heavy (non-hydrogen) atoms. The van der Waals surface area contributed by atoms with Crippen LogP contribution in [0.4, 0.5) is 17.1 Å². The predicted octanol–water partition coefficient (Wildman–Crippen LogP) is 15.3. The molecule has 0 spiro atoms. The van der Waals surface area contributed by atoms with Gasteiger partial charge in [0.15, 0.2) is 0 Å². The molecule has 1 aliphatic rings. The van der Waals surface area contributed by atoms with Crippen molar-refractivity contribution in [2.24, 2.45) is 0 Å². The molecule has 0 saturated heterocycles. The topological polar surface area (TPSA) is 3.24 Å². The van der Waals surface area contributed by atoms with Crippen molar-refractivity contribution in [1.82, 2.24) is 0 Å². The standard InChI is InChI=1S/C55H41N/c1-55(2)53-36-44(43-17-11-18-45(35-43)50-22-12-16-42-15-9-10-21-49(42)50)29-33-51(53)52-34-32-48(37-54(52)55)56(46-19-7-4-8-20-46)47-30-27-41(28-31-47)40-25-23-39(24-26-40)38-13-5-3-6-14-38/h3-37H,1-2H3. The van der Waals surface area contributed by atoms with Crippen molar-refractivity contribution in [3.63, 3.8) is 0 Å². The van der Waals surface area contributed by atoms with Crippen LogP contribution in [0.25, 0.3) is 66.4 Å². The Morgan fingerprint density at radius 2 is 0.768 bits per heavy atom. The number of benzene rings is 9. The summed E-state index contributed by atoms with van der Waals surface area (Å²) in [4.78, 5) is 2.38. The fourth-order valence-electron chi connectivity index (χ4n) is 8.70. The minimum Gasteiger partial charge on any atom is -0.310 e. The van der Waals surface area contributed by atoms with Gasteiger partial charge in [0.1, 0.15) is 0 Å². The van der Waals surface area contributed by atoms with E-state index in [1.165, 1.54) is 77.5 Å². The molecule has 0 bridgehead atoms. The number of hydrogen-bond donors (Lipinski definition) is 0. The first kappa shape index (κ1) is 33.6. The molecule has 0 N–H and O–H groups in total. The van der Waals surface area contributed by atoms with Gasteiger partial charge in [-0.2, -0.15) is 0 Å². The van der Waals surface area contributed by atoms with Gasteiger partial charge in [0.05, 0.1) is 0 Å². The van der Waals surface area contributed by atoms with Crippen LogP contribution in [-0.4, -0.2) is 0 Å². The van der Waals surface area contributed by atoms with Crippen LogP contribution < -0.4 is 4.90 Å². The Bertz CT molecular complexity index is 2840. The largest absolute Gasteiger partial charge is 0.310 e. The molecule has 0 aliphatic heterocycles. The number of anilines is 3. The van der Waals surface area contributed by atoms with Gasteiger partial charge in [-0.25, -0.2) is 0 Å². The summed E-state index contributed by atoms with van der Waals surface area (Å²) in [5.74, 6) is 0. The summed E-state index contributed by atoms with van der Waals surface area (Å²) in [6.07, 6.45) is 0. The summed E-state index contributed by atoms with van der Waals surface area (Å²) in [6.45, 7) is 4.75. The smallest absolute Gasteiger partial charge is 0.0465 e. The zero-order valence-corrected chi connectivity index (χ0v) is 31.7. The van der Waals surface area contributed by atoms with E-state index in [0.29, 0.717) is 0 Å². The molecule has 10 rings (SSSR count). The van der Waals surface area contributed by atoms with Crippen molar-refractivity contribution in [3.8, 4) is 55.6 Å². The maximum Gasteiger partial charge on any atom is 0.0465 e. The number of fused-ring (bicyclic) bond motifs is 4. The van der Waals surface area contributed by atoms with Gasteiger partial charge in [-0.3, -0.25) is 0 Å². The van der Waals surface area contributed by atoms with E-state index in [1.54, 1.807) is 0 Å². The first-order valence-electron chi connectivity index (χ1n) is 19.5. The summed E-state index contributed by atoms with van der Waals surface area (Å²) < 4.78 is 0. The van der Waals surface area contributed by atoms with Crippen LogP contribution in [0.3, 0.4) is 0 Å². The van der Waals surface area contributed by atoms with E-state index in [1.807, 2.05) is 0 Å². The van der Waals surface area contributed by atoms with E-state index >= 15 is 0 Å². The molecule has 1 aliphatic carbocycles. The van der Waals surface area contributed by atoms with Gasteiger partial charge in [-0.15, -0.1) is 0 Å². The number of para-hydroxylation sites is 1. The molecule has 9 aromatic carbocycles. The molecule has 1 nitrogen and oxygen atoms in total. The Morgan fingerprint density at radius 1 is 0.304 bits per heavy atom. The van der Waals surface area contributed by atoms with Gasteiger partial charge >= 0.3 is 0 Å². The highest BCUT2D eigenvalue weighted by Gasteiger charge is 2.36. The molecule has 0 atom stereocenters. The highest BCUT2D eigenvalue weighted by atomic mass is 15.1. The SMILES string of the molecule is CC1(C)c2cc(-c3cccc(-c4cccc5ccccc45)c3)ccc2-c2ccc(N(c3ccccc3)c3ccc(-c4ccc(-c5ccccc5)cc4)cc3)cc21. The molecule has 0 fully saturated rings. The quantitative estimate of drug-likeness (QED) is 0.159. The third-order valence-electron chi connectivity index (χ3n) is 11.7. The fourth-order valence-corrected chi connectivity index (χ4v) is 8.70. The minimum atomic E-state index is -0.179. The van der Waals surface area contributed by atoms with Crippen LogP contribution in [0.5, 0.6) is 0 Å². The van der Waals surface area contributed by atoms with Gasteiger partial charge < -0.3 is 4.90 Å². The van der Waals surface area contributed by atoms with E-state index in [0.717, 1.165) is 17.1 Å². The van der Waals surface area contributed by atoms with Gasteiger partial charge in [-0.05, 0) is 126 Å². The van der Waals surface area contributed by atoms with Crippen molar-refractivity contribution >= 4 is 27.8 Å². The van der Waals surface area contributed by atoms with Crippen molar-refractivity contribution < 1.29 is 0 Å². The first-order chi connectivity index (χ1) is 27.5. The zero-order chi connectivity index (χ0) is 37.6. The van der Waals surface area contributed by atoms with Gasteiger partial charge in [-0.1, -0.05) is 178 Å². The molecule has 0 amide bonds. The van der Waals surface area contributed by atoms with Crippen molar-refractivity contribution in [1.29, 1.82) is 0 Å². The van der Waals surface area contributed by atoms with Gasteiger partial charge in [0.25, 0.3) is 0 Å². The second-order valence-electron chi connectivity index (χ2n) is 15.4. The summed E-state index contributed by atoms with van der Waals surface area (Å²) in [6, 6.07) is 77.5. The van der Waals surface area contributed by atoms with E-state index in [2.05, 4.69) is 231 Å². The third kappa shape index (κ3) is 5.90. The summed E-state index contributed by atoms with van der Waals surface area (Å²) in [5.41, 5.74) is 18.4. The van der Waals surface area contributed by atoms with Crippen molar-refractivity contribution in [2.45, 2.75) is 19.3 Å². The second-order valence-corrected chi connectivity index (χ2v) is 15.4. The van der Waals surface area contributed by atoms with E-state index in [9.17, 15) is 0 Å². The lowest BCUT2D eigenvalue weighted by Gasteiger charge is -2.28. The summed E-state index contributed by atoms with van der Waals surface area (Å²) >= 11 is 0. The lowest BCUT2D eigenvalue weighted by Crippen LogP contribution is -2.16. The molecule has 0 heterocycles. The normalized spacial score (nSPS) is 12.6. The zero-order valence-electron chi connectivity index (χ0n) is 31.7. The third-order valence-corrected chi connectivity index (χ3v) is 11.7. The van der Waals surface area contributed by atoms with Gasteiger partial charge in [0, 0.05) is 22.5 Å². The summed E-state index contributed by atoms with van der Waals surface area (Å²) in [5, 5.41) is 2.54. The lowest BCUT2D eigenvalue weighted by molar-refractivity contribution is 0.660. The van der Waals surface area contributed by atoms with Crippen LogP contribution in [-0.2, 0) is 5.41 Å². The molecule has 9 aromatic rings. The second kappa shape index (κ2) is 13.7. The van der Waals surface area contributed by atoms with Crippen molar-refractivity contribution in [3.05, 3.63) is 223 Å². The molecule has 0 radical (unpaired) electrons. The Labute approximate surface area is 329 Å². The molecular weight excluding hydrogens is 675 g/mol. The molecule has 0 saturated carbocycles. The molecule has 1 heteroatoms. The first-order valence-corrected chi connectivity index (χ1v) is 19.5. The highest BCUT2D eigenvalue weighted by Crippen LogP contribution is 2.52. The number of rotatable bonds is 7. The van der Waals surface area contributed by atoms with Crippen LogP contribution in [0.2, 0.25) is 0 Å². The molecule has 0 unspecified atom stereocenters. The van der Waals surface area contributed by atoms with Crippen LogP contribution in [0.1, 0.15) is 25.0 Å². The Balaban J connectivity index is 0.980. The van der Waals surface area contributed by atoms with Crippen LogP contribution in [0.15, 0.2) is 212 Å². The monoisotopic (exact) mass is 715 g/mol. The number of nitrogens with zero attached hydrogens (tertiary/aromatic N) is 1. The Hall–Kier alpha value is -6.96.